The van der Waals surface area contributed by atoms with Crippen molar-refractivity contribution >= 4 is 64.2 Å². The maximum Gasteiger partial charge on any atom is 0.325 e. The molecule has 67 heavy (non-hydrogen) atoms. The number of aromatic nitrogens is 3. The second-order valence-electron chi connectivity index (χ2n) is 16.6. The second kappa shape index (κ2) is 23.0. The van der Waals surface area contributed by atoms with E-state index in [1.165, 1.54) is 19.4 Å². The van der Waals surface area contributed by atoms with Crippen LogP contribution in [0, 0.1) is 0 Å². The van der Waals surface area contributed by atoms with Gasteiger partial charge in [0.2, 0.25) is 41.4 Å². The highest BCUT2D eigenvalue weighted by atomic mass is 16.2. The lowest BCUT2D eigenvalue weighted by atomic mass is 10.0. The number of benzene rings is 2. The van der Waals surface area contributed by atoms with Gasteiger partial charge in [-0.15, -0.1) is 0 Å². The Hall–Kier alpha value is -7.62. The van der Waals surface area contributed by atoms with Crippen LogP contribution in [0.4, 0.5) is 4.79 Å². The molecule has 1 unspecified atom stereocenters. The fourth-order valence-corrected chi connectivity index (χ4v) is 8.00. The Morgan fingerprint density at radius 3 is 2.10 bits per heavy atom. The van der Waals surface area contributed by atoms with Crippen molar-refractivity contribution in [3.63, 3.8) is 0 Å². The Morgan fingerprint density at radius 1 is 0.761 bits per heavy atom. The molecule has 10 amide bonds. The number of nitrogens with zero attached hydrogens (tertiary/aromatic N) is 2. The number of primary amides is 1. The van der Waals surface area contributed by atoms with E-state index in [0.29, 0.717) is 34.7 Å². The Bertz CT molecular complexity index is 2430. The molecule has 12 N–H and O–H groups in total. The van der Waals surface area contributed by atoms with E-state index in [1.807, 2.05) is 24.3 Å². The molecule has 2 aliphatic heterocycles. The van der Waals surface area contributed by atoms with Crippen molar-refractivity contribution in [2.45, 2.75) is 101 Å². The van der Waals surface area contributed by atoms with Crippen LogP contribution >= 0.6 is 0 Å². The predicted octanol–water partition coefficient (Wildman–Crippen LogP) is -1.56. The molecule has 2 bridgehead atoms. The molecule has 7 atom stereocenters. The van der Waals surface area contributed by atoms with Crippen LogP contribution < -0.4 is 48.3 Å². The van der Waals surface area contributed by atoms with Crippen LogP contribution in [-0.2, 0) is 57.6 Å². The SMILES string of the molecule is CNCCC[C@@H]1NC(=O)[C@@H](Cc2ccccc2)NC(=O)[C@H](Cc2cnc[nH]2)NC(=O)[C@@H](C)N2C(=O)N[C@@H](CC(=O)NCCCC(C(N)=O)NC(=O)[C@H](Cc3c[nH]c4ccccc34)NC1=O)C2=O. The molecule has 4 aromatic rings. The van der Waals surface area contributed by atoms with Crippen molar-refractivity contribution in [1.82, 2.24) is 62.4 Å². The number of carbonyl (C=O) groups excluding carboxylic acids is 9. The van der Waals surface area contributed by atoms with Gasteiger partial charge in [-0.05, 0) is 63.4 Å². The molecule has 0 spiro atoms. The minimum Gasteiger partial charge on any atom is -0.368 e. The number of para-hydroxylation sites is 1. The van der Waals surface area contributed by atoms with Crippen molar-refractivity contribution in [3.8, 4) is 0 Å². The molecule has 22 nitrogen and oxygen atoms in total. The molecule has 2 aliphatic rings. The van der Waals surface area contributed by atoms with Crippen LogP contribution in [0.3, 0.4) is 0 Å². The van der Waals surface area contributed by atoms with Crippen LogP contribution in [0.25, 0.3) is 10.9 Å². The molecular weight excluding hydrogens is 867 g/mol. The lowest BCUT2D eigenvalue weighted by Crippen LogP contribution is -2.60. The topological polar surface area (TPSA) is 324 Å². The summed E-state index contributed by atoms with van der Waals surface area (Å²) in [6.45, 7) is 1.74. The molecule has 2 saturated heterocycles. The molecule has 22 heteroatoms. The number of fused-ring (bicyclic) bond motifs is 3. The van der Waals surface area contributed by atoms with Crippen LogP contribution in [0.5, 0.6) is 0 Å². The number of hydrogen-bond acceptors (Lipinski definition) is 11. The lowest BCUT2D eigenvalue weighted by molar-refractivity contribution is -0.138. The van der Waals surface area contributed by atoms with Crippen molar-refractivity contribution in [2.24, 2.45) is 5.73 Å². The van der Waals surface area contributed by atoms with Crippen LogP contribution in [0.15, 0.2) is 73.3 Å². The summed E-state index contributed by atoms with van der Waals surface area (Å²) in [7, 11) is 1.73. The number of imidazole rings is 1. The average molecular weight is 924 g/mol. The van der Waals surface area contributed by atoms with Gasteiger partial charge in [-0.2, -0.15) is 0 Å². The van der Waals surface area contributed by atoms with Gasteiger partial charge in [0.1, 0.15) is 42.3 Å². The van der Waals surface area contributed by atoms with Crippen LogP contribution in [-0.4, -0.2) is 136 Å². The number of aromatic amines is 2. The number of nitrogens with two attached hydrogens (primary N) is 1. The zero-order chi connectivity index (χ0) is 48.0. The normalized spacial score (nSPS) is 24.3. The summed E-state index contributed by atoms with van der Waals surface area (Å²) in [5.41, 5.74) is 8.26. The van der Waals surface area contributed by atoms with Crippen molar-refractivity contribution in [1.29, 1.82) is 0 Å². The largest absolute Gasteiger partial charge is 0.368 e. The molecule has 0 radical (unpaired) electrons. The highest BCUT2D eigenvalue weighted by Crippen LogP contribution is 2.20. The molecule has 2 fully saturated rings. The van der Waals surface area contributed by atoms with E-state index in [9.17, 15) is 43.2 Å². The number of hydrogen-bond donors (Lipinski definition) is 11. The van der Waals surface area contributed by atoms with Gasteiger partial charge in [0.25, 0.3) is 5.91 Å². The number of imide groups is 1. The Balaban J connectivity index is 1.35. The third-order valence-electron chi connectivity index (χ3n) is 11.7. The lowest BCUT2D eigenvalue weighted by Gasteiger charge is -2.28. The fourth-order valence-electron chi connectivity index (χ4n) is 8.00. The van der Waals surface area contributed by atoms with Crippen molar-refractivity contribution in [2.75, 3.05) is 20.1 Å². The minimum absolute atomic E-state index is 0.00951. The van der Waals surface area contributed by atoms with E-state index in [1.54, 1.807) is 43.6 Å². The van der Waals surface area contributed by atoms with Gasteiger partial charge in [0, 0.05) is 54.8 Å². The quantitative estimate of drug-likeness (QED) is 0.0604. The van der Waals surface area contributed by atoms with E-state index in [-0.39, 0.29) is 45.1 Å². The predicted molar refractivity (Wildman–Crippen MR) is 242 cm³/mol. The first kappa shape index (κ1) is 48.8. The third kappa shape index (κ3) is 13.0. The van der Waals surface area contributed by atoms with Gasteiger partial charge in [-0.1, -0.05) is 48.5 Å². The van der Waals surface area contributed by atoms with Crippen LogP contribution in [0.1, 0.15) is 55.8 Å². The first-order chi connectivity index (χ1) is 32.2. The molecule has 4 heterocycles. The van der Waals surface area contributed by atoms with E-state index in [2.05, 4.69) is 57.5 Å². The molecule has 2 aromatic carbocycles. The van der Waals surface area contributed by atoms with E-state index in [4.69, 9.17) is 5.73 Å². The van der Waals surface area contributed by atoms with E-state index < -0.39 is 102 Å². The number of H-pyrrole nitrogens is 2. The average Bonchev–Trinajstić information content (AvgIpc) is 4.04. The summed E-state index contributed by atoms with van der Waals surface area (Å²) >= 11 is 0. The van der Waals surface area contributed by atoms with Crippen molar-refractivity contribution in [3.05, 3.63) is 90.1 Å². The van der Waals surface area contributed by atoms with Gasteiger partial charge in [-0.25, -0.2) is 9.78 Å². The molecular formula is C45H57N13O9. The summed E-state index contributed by atoms with van der Waals surface area (Å²) in [5.74, 6) is -6.29. The smallest absolute Gasteiger partial charge is 0.325 e. The van der Waals surface area contributed by atoms with Gasteiger partial charge in [0.15, 0.2) is 0 Å². The summed E-state index contributed by atoms with van der Waals surface area (Å²) in [5, 5.41) is 22.5. The number of carbonyl (C=O) groups is 9. The van der Waals surface area contributed by atoms with Gasteiger partial charge in [-0.3, -0.25) is 43.3 Å². The minimum atomic E-state index is -1.45. The number of amides is 10. The second-order valence-corrected chi connectivity index (χ2v) is 16.6. The molecule has 0 saturated carbocycles. The highest BCUT2D eigenvalue weighted by Gasteiger charge is 2.44. The summed E-state index contributed by atoms with van der Waals surface area (Å²) in [6.07, 6.45) is 4.41. The van der Waals surface area contributed by atoms with Gasteiger partial charge in [0.05, 0.1) is 12.7 Å². The standard InChI is InChI=1S/C45H57N13O9/c1-25-39(61)54-35(20-28-23-48-24-51-28)43(65)55-33(18-26-10-4-3-5-11-26)41(63)53-32(15-8-16-47-2)40(62)56-34(19-27-22-50-30-13-7-6-12-29(27)30)42(64)52-31(38(46)60)14-9-17-49-37(59)21-36-44(66)58(25)45(67)57-36/h3-7,10-13,22-25,31-36,47,50H,8-9,14-21H2,1-2H3,(H2,46,60)(H,48,51)(H,49,59)(H,52,64)(H,53,63)(H,54,61)(H,55,65)(H,56,62)(H,57,67)/t25-,31?,32+,33-,34+,35+,36+/m1/s1. The van der Waals surface area contributed by atoms with Gasteiger partial charge < -0.3 is 58.2 Å². The molecule has 356 valence electrons. The zero-order valence-electron chi connectivity index (χ0n) is 37.2. The number of nitrogens with one attached hydrogen (secondary N) is 10. The molecule has 6 rings (SSSR count). The monoisotopic (exact) mass is 923 g/mol. The van der Waals surface area contributed by atoms with Crippen molar-refractivity contribution < 1.29 is 43.2 Å². The summed E-state index contributed by atoms with van der Waals surface area (Å²) < 4.78 is 0. The van der Waals surface area contributed by atoms with E-state index >= 15 is 0 Å². The maximum absolute atomic E-state index is 14.5. The van der Waals surface area contributed by atoms with E-state index in [0.717, 1.165) is 10.9 Å². The third-order valence-corrected chi connectivity index (χ3v) is 11.7. The first-order valence-corrected chi connectivity index (χ1v) is 22.1. The number of urea groups is 1. The first-order valence-electron chi connectivity index (χ1n) is 22.1. The summed E-state index contributed by atoms with van der Waals surface area (Å²) in [4.78, 5) is 134. The number of rotatable bonds is 11. The fraction of sp³-hybridized carbons (Fsp3) is 0.422. The highest BCUT2D eigenvalue weighted by molar-refractivity contribution is 6.09. The Kier molecular flexibility index (Phi) is 16.8. The molecule has 2 aromatic heterocycles. The molecule has 0 aliphatic carbocycles. The zero-order valence-corrected chi connectivity index (χ0v) is 37.2. The van der Waals surface area contributed by atoms with Gasteiger partial charge >= 0.3 is 6.03 Å². The summed E-state index contributed by atoms with van der Waals surface area (Å²) in [6, 6.07) is 5.96. The maximum atomic E-state index is 14.5. The van der Waals surface area contributed by atoms with Crippen LogP contribution in [0.2, 0.25) is 0 Å². The Morgan fingerprint density at radius 2 is 1.40 bits per heavy atom. The Labute approximate surface area is 385 Å².